The van der Waals surface area contributed by atoms with Crippen LogP contribution in [0.1, 0.15) is 37.2 Å². The van der Waals surface area contributed by atoms with Crippen LogP contribution in [0, 0.1) is 0 Å². The Morgan fingerprint density at radius 1 is 1.46 bits per heavy atom. The van der Waals surface area contributed by atoms with Gasteiger partial charge in [0, 0.05) is 25.2 Å². The molecule has 1 atom stereocenters. The molecular formula is C11H13NO. The number of carbonyl (C=O) groups is 1. The van der Waals surface area contributed by atoms with Crippen LogP contribution < -0.4 is 0 Å². The fourth-order valence-corrected chi connectivity index (χ4v) is 1.93. The van der Waals surface area contributed by atoms with Gasteiger partial charge in [0.2, 0.25) is 0 Å². The first-order valence-electron chi connectivity index (χ1n) is 4.78. The Kier molecular flexibility index (Phi) is 2.39. The van der Waals surface area contributed by atoms with Crippen molar-refractivity contribution in [3.05, 3.63) is 30.1 Å². The summed E-state index contributed by atoms with van der Waals surface area (Å²) >= 11 is 0. The van der Waals surface area contributed by atoms with Crippen molar-refractivity contribution in [2.75, 3.05) is 0 Å². The molecule has 13 heavy (non-hydrogen) atoms. The molecule has 0 N–H and O–H groups in total. The molecule has 1 aliphatic rings. The van der Waals surface area contributed by atoms with Gasteiger partial charge < -0.3 is 0 Å². The molecule has 0 aliphatic heterocycles. The number of carbonyl (C=O) groups excluding carboxylic acids is 1. The summed E-state index contributed by atoms with van der Waals surface area (Å²) in [6.45, 7) is 0. The zero-order valence-corrected chi connectivity index (χ0v) is 7.57. The molecule has 0 bridgehead atoms. The Morgan fingerprint density at radius 2 is 2.38 bits per heavy atom. The van der Waals surface area contributed by atoms with Crippen molar-refractivity contribution in [2.45, 2.75) is 31.6 Å². The van der Waals surface area contributed by atoms with Crippen LogP contribution in [0.5, 0.6) is 0 Å². The van der Waals surface area contributed by atoms with E-state index in [0.717, 1.165) is 19.3 Å². The maximum atomic E-state index is 11.2. The van der Waals surface area contributed by atoms with E-state index in [1.807, 2.05) is 12.3 Å². The van der Waals surface area contributed by atoms with Gasteiger partial charge in [-0.05, 0) is 30.4 Å². The fraction of sp³-hybridized carbons (Fsp3) is 0.455. The summed E-state index contributed by atoms with van der Waals surface area (Å²) in [5.74, 6) is 0.829. The molecule has 1 saturated carbocycles. The van der Waals surface area contributed by atoms with Crippen LogP contribution in [0.3, 0.4) is 0 Å². The predicted molar refractivity (Wildman–Crippen MR) is 50.5 cm³/mol. The van der Waals surface area contributed by atoms with E-state index in [1.54, 1.807) is 6.20 Å². The maximum absolute atomic E-state index is 11.2. The van der Waals surface area contributed by atoms with Gasteiger partial charge in [0.25, 0.3) is 0 Å². The summed E-state index contributed by atoms with van der Waals surface area (Å²) in [5.41, 5.74) is 1.22. The zero-order chi connectivity index (χ0) is 9.10. The minimum absolute atomic E-state index is 0.403. The summed E-state index contributed by atoms with van der Waals surface area (Å²) < 4.78 is 0. The molecule has 1 heterocycles. The second-order valence-electron chi connectivity index (χ2n) is 3.62. The van der Waals surface area contributed by atoms with Gasteiger partial charge in [0.05, 0.1) is 0 Å². The van der Waals surface area contributed by atoms with Gasteiger partial charge in [-0.25, -0.2) is 0 Å². The summed E-state index contributed by atoms with van der Waals surface area (Å²) in [6.07, 6.45) is 7.32. The van der Waals surface area contributed by atoms with Gasteiger partial charge in [0.1, 0.15) is 5.78 Å². The molecule has 0 amide bonds. The second kappa shape index (κ2) is 3.69. The van der Waals surface area contributed by atoms with Gasteiger partial charge in [-0.2, -0.15) is 0 Å². The first-order chi connectivity index (χ1) is 6.36. The molecular weight excluding hydrogens is 162 g/mol. The Morgan fingerprint density at radius 3 is 3.08 bits per heavy atom. The lowest BCUT2D eigenvalue weighted by atomic mass is 9.84. The molecule has 1 aliphatic carbocycles. The molecule has 68 valence electrons. The highest BCUT2D eigenvalue weighted by Crippen LogP contribution is 2.29. The van der Waals surface area contributed by atoms with Gasteiger partial charge in [0.15, 0.2) is 0 Å². The SMILES string of the molecule is O=C1CCC[C@@H](c2cccnc2)C1. The van der Waals surface area contributed by atoms with Crippen LogP contribution >= 0.6 is 0 Å². The topological polar surface area (TPSA) is 30.0 Å². The molecule has 0 radical (unpaired) electrons. The minimum atomic E-state index is 0.403. The lowest BCUT2D eigenvalue weighted by Gasteiger charge is -2.20. The number of nitrogens with zero attached hydrogens (tertiary/aromatic N) is 1. The van der Waals surface area contributed by atoms with Crippen LogP contribution in [0.2, 0.25) is 0 Å². The first-order valence-corrected chi connectivity index (χ1v) is 4.78. The van der Waals surface area contributed by atoms with E-state index in [0.29, 0.717) is 18.1 Å². The average molecular weight is 175 g/mol. The van der Waals surface area contributed by atoms with Crippen molar-refractivity contribution in [3.63, 3.8) is 0 Å². The van der Waals surface area contributed by atoms with Crippen LogP contribution in [-0.2, 0) is 4.79 Å². The molecule has 1 aromatic heterocycles. The van der Waals surface area contributed by atoms with E-state index < -0.39 is 0 Å². The van der Waals surface area contributed by atoms with E-state index in [1.165, 1.54) is 5.56 Å². The van der Waals surface area contributed by atoms with Gasteiger partial charge in [-0.1, -0.05) is 6.07 Å². The average Bonchev–Trinajstić information content (AvgIpc) is 2.19. The fourth-order valence-electron chi connectivity index (χ4n) is 1.93. The van der Waals surface area contributed by atoms with Crippen molar-refractivity contribution >= 4 is 5.78 Å². The Balaban J connectivity index is 2.13. The highest BCUT2D eigenvalue weighted by atomic mass is 16.1. The molecule has 0 aromatic carbocycles. The van der Waals surface area contributed by atoms with E-state index in [9.17, 15) is 4.79 Å². The first kappa shape index (κ1) is 8.42. The lowest BCUT2D eigenvalue weighted by Crippen LogP contribution is -2.13. The third-order valence-corrected chi connectivity index (χ3v) is 2.64. The monoisotopic (exact) mass is 175 g/mol. The van der Waals surface area contributed by atoms with E-state index in [4.69, 9.17) is 0 Å². The standard InChI is InChI=1S/C11H13NO/c13-11-5-1-3-9(7-11)10-4-2-6-12-8-10/h2,4,6,8-9H,1,3,5,7H2/t9-/m1/s1. The van der Waals surface area contributed by atoms with Crippen molar-refractivity contribution in [1.29, 1.82) is 0 Å². The van der Waals surface area contributed by atoms with Crippen molar-refractivity contribution in [2.24, 2.45) is 0 Å². The normalized spacial score (nSPS) is 23.1. The number of hydrogen-bond donors (Lipinski definition) is 0. The lowest BCUT2D eigenvalue weighted by molar-refractivity contribution is -0.120. The Hall–Kier alpha value is -1.18. The quantitative estimate of drug-likeness (QED) is 0.655. The Labute approximate surface area is 78.0 Å². The molecule has 2 heteroatoms. The third kappa shape index (κ3) is 1.94. The van der Waals surface area contributed by atoms with Gasteiger partial charge in [-0.3, -0.25) is 9.78 Å². The molecule has 1 fully saturated rings. The van der Waals surface area contributed by atoms with Crippen LogP contribution in [-0.4, -0.2) is 10.8 Å². The van der Waals surface area contributed by atoms with Gasteiger partial charge in [-0.15, -0.1) is 0 Å². The van der Waals surface area contributed by atoms with Crippen LogP contribution in [0.25, 0.3) is 0 Å². The number of aromatic nitrogens is 1. The molecule has 2 nitrogen and oxygen atoms in total. The van der Waals surface area contributed by atoms with E-state index in [-0.39, 0.29) is 0 Å². The highest BCUT2D eigenvalue weighted by Gasteiger charge is 2.20. The van der Waals surface area contributed by atoms with Crippen molar-refractivity contribution in [1.82, 2.24) is 4.98 Å². The molecule has 1 aromatic rings. The second-order valence-corrected chi connectivity index (χ2v) is 3.62. The molecule has 2 rings (SSSR count). The van der Waals surface area contributed by atoms with Crippen molar-refractivity contribution in [3.8, 4) is 0 Å². The van der Waals surface area contributed by atoms with Gasteiger partial charge >= 0.3 is 0 Å². The number of ketones is 1. The smallest absolute Gasteiger partial charge is 0.133 e. The number of pyridine rings is 1. The number of rotatable bonds is 1. The summed E-state index contributed by atoms with van der Waals surface area (Å²) in [6, 6.07) is 4.00. The van der Waals surface area contributed by atoms with Crippen LogP contribution in [0.15, 0.2) is 24.5 Å². The van der Waals surface area contributed by atoms with Crippen molar-refractivity contribution < 1.29 is 4.79 Å². The molecule has 0 saturated heterocycles. The molecule has 0 spiro atoms. The zero-order valence-electron chi connectivity index (χ0n) is 7.57. The third-order valence-electron chi connectivity index (χ3n) is 2.64. The van der Waals surface area contributed by atoms with E-state index >= 15 is 0 Å². The molecule has 0 unspecified atom stereocenters. The summed E-state index contributed by atoms with van der Waals surface area (Å²) in [7, 11) is 0. The number of hydrogen-bond acceptors (Lipinski definition) is 2. The minimum Gasteiger partial charge on any atom is -0.300 e. The maximum Gasteiger partial charge on any atom is 0.133 e. The largest absolute Gasteiger partial charge is 0.300 e. The van der Waals surface area contributed by atoms with Crippen LogP contribution in [0.4, 0.5) is 0 Å². The summed E-state index contributed by atoms with van der Waals surface area (Å²) in [4.78, 5) is 15.3. The predicted octanol–water partition coefficient (Wildman–Crippen LogP) is 2.31. The highest BCUT2D eigenvalue weighted by molar-refractivity contribution is 5.80. The number of Topliss-reactive ketones (excluding diaryl/α,β-unsaturated/α-hetero) is 1. The van der Waals surface area contributed by atoms with E-state index in [2.05, 4.69) is 11.1 Å². The summed E-state index contributed by atoms with van der Waals surface area (Å²) in [5, 5.41) is 0. The Bertz CT molecular complexity index is 294.